The predicted octanol–water partition coefficient (Wildman–Crippen LogP) is 3.90. The van der Waals surface area contributed by atoms with Gasteiger partial charge in [0.15, 0.2) is 11.7 Å². The van der Waals surface area contributed by atoms with Crippen LogP contribution >= 0.6 is 0 Å². The lowest BCUT2D eigenvalue weighted by molar-refractivity contribution is 0.0150. The molecule has 7 heteroatoms. The van der Waals surface area contributed by atoms with Crippen LogP contribution in [0.15, 0.2) is 59.1 Å². The van der Waals surface area contributed by atoms with Gasteiger partial charge < -0.3 is 19.9 Å². The first-order chi connectivity index (χ1) is 14.0. The van der Waals surface area contributed by atoms with Crippen LogP contribution in [0.3, 0.4) is 0 Å². The van der Waals surface area contributed by atoms with Gasteiger partial charge in [-0.3, -0.25) is 5.41 Å². The zero-order valence-electron chi connectivity index (χ0n) is 16.1. The Hall–Kier alpha value is -3.19. The zero-order valence-corrected chi connectivity index (χ0v) is 16.1. The van der Waals surface area contributed by atoms with E-state index in [0.717, 1.165) is 11.1 Å². The summed E-state index contributed by atoms with van der Waals surface area (Å²) < 4.78 is 25.8. The third kappa shape index (κ3) is 3.86. The molecule has 1 saturated heterocycles. The van der Waals surface area contributed by atoms with E-state index in [1.54, 1.807) is 17.0 Å². The maximum atomic E-state index is 14.7. The number of nitrogens with zero attached hydrogens (tertiary/aromatic N) is 2. The van der Waals surface area contributed by atoms with Gasteiger partial charge in [-0.05, 0) is 17.2 Å². The average Bonchev–Trinajstić information content (AvgIpc) is 3.24. The second-order valence-electron chi connectivity index (χ2n) is 7.15. The molecule has 0 amide bonds. The summed E-state index contributed by atoms with van der Waals surface area (Å²) in [6, 6.07) is 16.3. The van der Waals surface area contributed by atoms with Gasteiger partial charge in [0, 0.05) is 24.1 Å². The minimum absolute atomic E-state index is 0.0251. The van der Waals surface area contributed by atoms with Crippen molar-refractivity contribution < 1.29 is 13.7 Å². The summed E-state index contributed by atoms with van der Waals surface area (Å²) in [6.07, 6.45) is 0. The summed E-state index contributed by atoms with van der Waals surface area (Å²) in [4.78, 5) is 1.73. The SMILES string of the molecule is C[C@@H](c1ccc(-c2ccccc2)c(F)c1)c1cc(C2COCCN2C(=N)N)on1. The van der Waals surface area contributed by atoms with Crippen molar-refractivity contribution >= 4 is 5.96 Å². The van der Waals surface area contributed by atoms with Crippen LogP contribution in [0, 0.1) is 11.2 Å². The van der Waals surface area contributed by atoms with Crippen molar-refractivity contribution in [1.29, 1.82) is 5.41 Å². The average molecular weight is 394 g/mol. The molecule has 2 aromatic carbocycles. The number of benzene rings is 2. The van der Waals surface area contributed by atoms with Gasteiger partial charge in [0.1, 0.15) is 11.9 Å². The van der Waals surface area contributed by atoms with E-state index in [9.17, 15) is 4.39 Å². The van der Waals surface area contributed by atoms with E-state index in [4.69, 9.17) is 20.4 Å². The Balaban J connectivity index is 1.57. The highest BCUT2D eigenvalue weighted by Crippen LogP contribution is 2.31. The molecule has 6 nitrogen and oxygen atoms in total. The lowest BCUT2D eigenvalue weighted by atomic mass is 9.94. The van der Waals surface area contributed by atoms with Gasteiger partial charge in [-0.2, -0.15) is 0 Å². The summed E-state index contributed by atoms with van der Waals surface area (Å²) >= 11 is 0. The minimum Gasteiger partial charge on any atom is -0.377 e. The number of ether oxygens (including phenoxy) is 1. The van der Waals surface area contributed by atoms with Gasteiger partial charge in [-0.25, -0.2) is 4.39 Å². The van der Waals surface area contributed by atoms with E-state index in [1.807, 2.05) is 49.4 Å². The molecule has 3 N–H and O–H groups in total. The van der Waals surface area contributed by atoms with Gasteiger partial charge in [0.2, 0.25) is 0 Å². The van der Waals surface area contributed by atoms with Gasteiger partial charge in [-0.15, -0.1) is 0 Å². The molecule has 0 bridgehead atoms. The van der Waals surface area contributed by atoms with E-state index in [-0.39, 0.29) is 23.7 Å². The summed E-state index contributed by atoms with van der Waals surface area (Å²) in [5, 5.41) is 11.9. The third-order valence-corrected chi connectivity index (χ3v) is 5.33. The standard InChI is InChI=1S/C22H23FN4O2/c1-14(16-7-8-17(18(23)11-16)15-5-3-2-4-6-15)19-12-21(29-26-19)20-13-28-10-9-27(20)22(24)25/h2-8,11-12,14,20H,9-10,13H2,1H3,(H3,24,25)/t14-,20?/m0/s1. The smallest absolute Gasteiger partial charge is 0.189 e. The molecular formula is C22H23FN4O2. The molecule has 1 aromatic heterocycles. The molecule has 1 aliphatic rings. The first kappa shape index (κ1) is 19.1. The molecule has 150 valence electrons. The molecule has 0 spiro atoms. The van der Waals surface area contributed by atoms with Crippen LogP contribution in [0.1, 0.15) is 35.9 Å². The lowest BCUT2D eigenvalue weighted by Crippen LogP contribution is -2.46. The van der Waals surface area contributed by atoms with Crippen molar-refractivity contribution in [2.24, 2.45) is 5.73 Å². The fraction of sp³-hybridized carbons (Fsp3) is 0.273. The monoisotopic (exact) mass is 394 g/mol. The number of nitrogens with two attached hydrogens (primary N) is 1. The highest BCUT2D eigenvalue weighted by Gasteiger charge is 2.30. The lowest BCUT2D eigenvalue weighted by Gasteiger charge is -2.34. The maximum Gasteiger partial charge on any atom is 0.189 e. The molecule has 1 fully saturated rings. The quantitative estimate of drug-likeness (QED) is 0.518. The Morgan fingerprint density at radius 1 is 1.24 bits per heavy atom. The second kappa shape index (κ2) is 8.05. The van der Waals surface area contributed by atoms with E-state index in [1.165, 1.54) is 0 Å². The van der Waals surface area contributed by atoms with Crippen molar-refractivity contribution in [1.82, 2.24) is 10.1 Å². The number of rotatable bonds is 4. The van der Waals surface area contributed by atoms with Gasteiger partial charge in [0.25, 0.3) is 0 Å². The highest BCUT2D eigenvalue weighted by atomic mass is 19.1. The number of hydrogen-bond donors (Lipinski definition) is 2. The minimum atomic E-state index is -0.285. The summed E-state index contributed by atoms with van der Waals surface area (Å²) in [7, 11) is 0. The molecule has 0 aliphatic carbocycles. The first-order valence-corrected chi connectivity index (χ1v) is 9.54. The second-order valence-corrected chi connectivity index (χ2v) is 7.15. The van der Waals surface area contributed by atoms with Crippen molar-refractivity contribution in [3.63, 3.8) is 0 Å². The van der Waals surface area contributed by atoms with E-state index in [0.29, 0.717) is 36.8 Å². The topological polar surface area (TPSA) is 88.4 Å². The van der Waals surface area contributed by atoms with Crippen LogP contribution < -0.4 is 5.73 Å². The summed E-state index contributed by atoms with van der Waals surface area (Å²) in [6.45, 7) is 3.37. The van der Waals surface area contributed by atoms with Crippen molar-refractivity contribution in [2.75, 3.05) is 19.8 Å². The summed E-state index contributed by atoms with van der Waals surface area (Å²) in [5.41, 5.74) is 8.60. The van der Waals surface area contributed by atoms with Crippen LogP contribution in [0.25, 0.3) is 11.1 Å². The van der Waals surface area contributed by atoms with Crippen LogP contribution in [0.4, 0.5) is 4.39 Å². The Bertz CT molecular complexity index is 1010. The fourth-order valence-electron chi connectivity index (χ4n) is 3.62. The molecule has 3 aromatic rings. The fourth-order valence-corrected chi connectivity index (χ4v) is 3.62. The van der Waals surface area contributed by atoms with Crippen LogP contribution in [0.5, 0.6) is 0 Å². The molecule has 0 saturated carbocycles. The van der Waals surface area contributed by atoms with Gasteiger partial charge >= 0.3 is 0 Å². The Labute approximate surface area is 168 Å². The van der Waals surface area contributed by atoms with E-state index >= 15 is 0 Å². The molecule has 29 heavy (non-hydrogen) atoms. The Kier molecular flexibility index (Phi) is 5.31. The van der Waals surface area contributed by atoms with E-state index < -0.39 is 0 Å². The maximum absolute atomic E-state index is 14.7. The molecular weight excluding hydrogens is 371 g/mol. The zero-order chi connectivity index (χ0) is 20.4. The number of halogens is 1. The molecule has 1 unspecified atom stereocenters. The van der Waals surface area contributed by atoms with Crippen LogP contribution in [-0.2, 0) is 4.74 Å². The largest absolute Gasteiger partial charge is 0.377 e. The highest BCUT2D eigenvalue weighted by molar-refractivity contribution is 5.75. The van der Waals surface area contributed by atoms with Gasteiger partial charge in [-0.1, -0.05) is 54.5 Å². The number of hydrogen-bond acceptors (Lipinski definition) is 4. The van der Waals surface area contributed by atoms with E-state index in [2.05, 4.69) is 5.16 Å². The van der Waals surface area contributed by atoms with Crippen LogP contribution in [-0.4, -0.2) is 35.8 Å². The predicted molar refractivity (Wildman–Crippen MR) is 108 cm³/mol. The number of aromatic nitrogens is 1. The molecule has 0 radical (unpaired) electrons. The van der Waals surface area contributed by atoms with Crippen molar-refractivity contribution in [3.05, 3.63) is 77.4 Å². The molecule has 1 aliphatic heterocycles. The number of morpholine rings is 1. The van der Waals surface area contributed by atoms with Crippen molar-refractivity contribution in [2.45, 2.75) is 18.9 Å². The summed E-state index contributed by atoms with van der Waals surface area (Å²) in [5.74, 6) is 0.140. The number of guanidine groups is 1. The molecule has 2 heterocycles. The van der Waals surface area contributed by atoms with Crippen LogP contribution in [0.2, 0.25) is 0 Å². The Morgan fingerprint density at radius 2 is 2.03 bits per heavy atom. The Morgan fingerprint density at radius 3 is 2.76 bits per heavy atom. The normalized spacial score (nSPS) is 17.9. The third-order valence-electron chi connectivity index (χ3n) is 5.33. The molecule has 4 rings (SSSR count). The molecule has 2 atom stereocenters. The van der Waals surface area contributed by atoms with Gasteiger partial charge in [0.05, 0.1) is 18.9 Å². The number of nitrogens with one attached hydrogen (secondary N) is 1. The van der Waals surface area contributed by atoms with Crippen molar-refractivity contribution in [3.8, 4) is 11.1 Å². The first-order valence-electron chi connectivity index (χ1n) is 9.54.